The van der Waals surface area contributed by atoms with Crippen molar-refractivity contribution in [2.75, 3.05) is 26.7 Å². The van der Waals surface area contributed by atoms with Crippen LogP contribution < -0.4 is 5.73 Å². The molecule has 118 valence electrons. The Balaban J connectivity index is 4.72. The van der Waals surface area contributed by atoms with E-state index in [0.717, 1.165) is 25.7 Å². The van der Waals surface area contributed by atoms with Gasteiger partial charge in [0.15, 0.2) is 0 Å². The van der Waals surface area contributed by atoms with E-state index in [1.54, 1.807) is 4.90 Å². The molecule has 0 aromatic rings. The first-order valence-corrected chi connectivity index (χ1v) is 7.55. The number of ether oxygens (including phenoxy) is 1. The van der Waals surface area contributed by atoms with Crippen LogP contribution in [0.4, 0.5) is 0 Å². The smallest absolute Gasteiger partial charge is 0.325 e. The number of carbonyl (C=O) groups excluding carboxylic acids is 2. The largest absolute Gasteiger partial charge is 0.468 e. The Morgan fingerprint density at radius 3 is 2.30 bits per heavy atom. The van der Waals surface area contributed by atoms with E-state index in [9.17, 15) is 9.59 Å². The summed E-state index contributed by atoms with van der Waals surface area (Å²) in [7, 11) is 1.35. The Morgan fingerprint density at radius 2 is 1.85 bits per heavy atom. The summed E-state index contributed by atoms with van der Waals surface area (Å²) in [5.41, 5.74) is 5.48. The minimum atomic E-state index is -0.365. The van der Waals surface area contributed by atoms with Crippen LogP contribution in [0.1, 0.15) is 46.5 Å². The molecule has 0 rings (SSSR count). The van der Waals surface area contributed by atoms with Crippen LogP contribution in [0.2, 0.25) is 0 Å². The van der Waals surface area contributed by atoms with Gasteiger partial charge in [-0.2, -0.15) is 0 Å². The van der Waals surface area contributed by atoms with E-state index in [1.807, 2.05) is 6.92 Å². The normalized spacial score (nSPS) is 12.3. The molecule has 0 aliphatic carbocycles. The van der Waals surface area contributed by atoms with Gasteiger partial charge in [-0.15, -0.1) is 0 Å². The second-order valence-corrected chi connectivity index (χ2v) is 5.31. The van der Waals surface area contributed by atoms with Crippen LogP contribution in [-0.4, -0.2) is 43.5 Å². The quantitative estimate of drug-likeness (QED) is 0.622. The van der Waals surface area contributed by atoms with E-state index < -0.39 is 0 Å². The first kappa shape index (κ1) is 18.9. The van der Waals surface area contributed by atoms with Gasteiger partial charge in [0.1, 0.15) is 6.54 Å². The van der Waals surface area contributed by atoms with Crippen LogP contribution in [0.15, 0.2) is 0 Å². The molecule has 5 nitrogen and oxygen atoms in total. The number of hydrogen-bond donors (Lipinski definition) is 1. The lowest BCUT2D eigenvalue weighted by Crippen LogP contribution is -2.42. The number of nitrogens with two attached hydrogens (primary N) is 1. The van der Waals surface area contributed by atoms with Crippen molar-refractivity contribution in [3.8, 4) is 0 Å². The summed E-state index contributed by atoms with van der Waals surface area (Å²) in [4.78, 5) is 25.6. The fourth-order valence-corrected chi connectivity index (χ4v) is 2.17. The molecule has 0 fully saturated rings. The van der Waals surface area contributed by atoms with Crippen LogP contribution in [0.5, 0.6) is 0 Å². The van der Waals surface area contributed by atoms with Gasteiger partial charge in [0.2, 0.25) is 5.91 Å². The zero-order valence-electron chi connectivity index (χ0n) is 13.4. The summed E-state index contributed by atoms with van der Waals surface area (Å²) in [5.74, 6) is -0.0195. The molecule has 0 bridgehead atoms. The predicted molar refractivity (Wildman–Crippen MR) is 80.1 cm³/mol. The van der Waals surface area contributed by atoms with E-state index >= 15 is 0 Å². The highest BCUT2D eigenvalue weighted by molar-refractivity contribution is 5.83. The van der Waals surface area contributed by atoms with E-state index in [4.69, 9.17) is 5.73 Å². The Labute approximate surface area is 122 Å². The highest BCUT2D eigenvalue weighted by atomic mass is 16.5. The fourth-order valence-electron chi connectivity index (χ4n) is 2.17. The summed E-state index contributed by atoms with van der Waals surface area (Å²) in [6.45, 7) is 7.35. The first-order valence-electron chi connectivity index (χ1n) is 7.55. The van der Waals surface area contributed by atoms with Gasteiger partial charge in [0.25, 0.3) is 0 Å². The molecule has 0 radical (unpaired) electrons. The molecule has 0 aliphatic heterocycles. The Kier molecular flexibility index (Phi) is 10.1. The molecular weight excluding hydrogens is 256 g/mol. The van der Waals surface area contributed by atoms with Crippen molar-refractivity contribution in [3.05, 3.63) is 0 Å². The van der Waals surface area contributed by atoms with Crippen molar-refractivity contribution < 1.29 is 14.3 Å². The summed E-state index contributed by atoms with van der Waals surface area (Å²) < 4.78 is 4.69. The van der Waals surface area contributed by atoms with Crippen molar-refractivity contribution in [1.82, 2.24) is 4.90 Å². The second kappa shape index (κ2) is 10.7. The van der Waals surface area contributed by atoms with Gasteiger partial charge >= 0.3 is 5.97 Å². The summed E-state index contributed by atoms with van der Waals surface area (Å²) in [6, 6.07) is 0. The maximum absolute atomic E-state index is 12.4. The number of esters is 1. The van der Waals surface area contributed by atoms with Gasteiger partial charge in [-0.25, -0.2) is 0 Å². The third-order valence-corrected chi connectivity index (χ3v) is 3.76. The highest BCUT2D eigenvalue weighted by Crippen LogP contribution is 2.15. The zero-order chi connectivity index (χ0) is 15.5. The number of nitrogens with zero attached hydrogens (tertiary/aromatic N) is 1. The molecule has 1 unspecified atom stereocenters. The topological polar surface area (TPSA) is 72.6 Å². The van der Waals surface area contributed by atoms with Gasteiger partial charge < -0.3 is 15.4 Å². The third-order valence-electron chi connectivity index (χ3n) is 3.76. The van der Waals surface area contributed by atoms with Crippen LogP contribution in [-0.2, 0) is 14.3 Å². The number of carbonyl (C=O) groups is 2. The van der Waals surface area contributed by atoms with Crippen molar-refractivity contribution in [2.45, 2.75) is 46.5 Å². The first-order chi connectivity index (χ1) is 9.49. The minimum Gasteiger partial charge on any atom is -0.468 e. The lowest BCUT2D eigenvalue weighted by atomic mass is 10.00. The molecule has 1 atom stereocenters. The molecule has 0 aromatic carbocycles. The van der Waals surface area contributed by atoms with Crippen LogP contribution >= 0.6 is 0 Å². The maximum Gasteiger partial charge on any atom is 0.325 e. The number of amides is 1. The fraction of sp³-hybridized carbons (Fsp3) is 0.867. The van der Waals surface area contributed by atoms with E-state index in [1.165, 1.54) is 7.11 Å². The second-order valence-electron chi connectivity index (χ2n) is 5.31. The lowest BCUT2D eigenvalue weighted by molar-refractivity contribution is -0.149. The average molecular weight is 286 g/mol. The van der Waals surface area contributed by atoms with Crippen LogP contribution in [0.3, 0.4) is 0 Å². The Bertz CT molecular complexity index is 291. The van der Waals surface area contributed by atoms with Gasteiger partial charge in [0.05, 0.1) is 7.11 Å². The molecule has 20 heavy (non-hydrogen) atoms. The molecule has 0 aromatic heterocycles. The summed E-state index contributed by atoms with van der Waals surface area (Å²) in [6.07, 6.45) is 3.58. The molecule has 0 saturated carbocycles. The average Bonchev–Trinajstić information content (AvgIpc) is 2.47. The van der Waals surface area contributed by atoms with Gasteiger partial charge in [0, 0.05) is 12.5 Å². The maximum atomic E-state index is 12.4. The van der Waals surface area contributed by atoms with E-state index in [0.29, 0.717) is 19.0 Å². The Morgan fingerprint density at radius 1 is 1.25 bits per heavy atom. The number of rotatable bonds is 10. The molecule has 0 heterocycles. The highest BCUT2D eigenvalue weighted by Gasteiger charge is 2.24. The van der Waals surface area contributed by atoms with Crippen molar-refractivity contribution >= 4 is 11.9 Å². The van der Waals surface area contributed by atoms with Crippen molar-refractivity contribution in [1.29, 1.82) is 0 Å². The van der Waals surface area contributed by atoms with Crippen LogP contribution in [0, 0.1) is 11.8 Å². The Hall–Kier alpha value is -1.10. The molecule has 0 spiro atoms. The molecule has 0 aliphatic rings. The van der Waals surface area contributed by atoms with Gasteiger partial charge in [-0.3, -0.25) is 9.59 Å². The third kappa shape index (κ3) is 6.89. The SMILES string of the molecule is CCC(CC)CN(CC(=O)OC)C(=O)C(C)CCCN. The monoisotopic (exact) mass is 286 g/mol. The van der Waals surface area contributed by atoms with Gasteiger partial charge in [-0.05, 0) is 25.3 Å². The molecule has 5 heteroatoms. The molecule has 0 saturated heterocycles. The predicted octanol–water partition coefficient (Wildman–Crippen LogP) is 1.80. The molecule has 2 N–H and O–H groups in total. The molecule has 1 amide bonds. The summed E-state index contributed by atoms with van der Waals surface area (Å²) in [5, 5.41) is 0. The van der Waals surface area contributed by atoms with Crippen molar-refractivity contribution in [2.24, 2.45) is 17.6 Å². The van der Waals surface area contributed by atoms with Crippen LogP contribution in [0.25, 0.3) is 0 Å². The van der Waals surface area contributed by atoms with Gasteiger partial charge in [-0.1, -0.05) is 33.6 Å². The van der Waals surface area contributed by atoms with Crippen molar-refractivity contribution in [3.63, 3.8) is 0 Å². The summed E-state index contributed by atoms with van der Waals surface area (Å²) >= 11 is 0. The minimum absolute atomic E-state index is 0.0238. The molecular formula is C15H30N2O3. The van der Waals surface area contributed by atoms with E-state index in [2.05, 4.69) is 18.6 Å². The van der Waals surface area contributed by atoms with E-state index in [-0.39, 0.29) is 24.3 Å². The standard InChI is InChI=1S/C15H30N2O3/c1-5-13(6-2)10-17(11-14(18)20-4)15(19)12(3)8-7-9-16/h12-13H,5-11,16H2,1-4H3. The lowest BCUT2D eigenvalue weighted by Gasteiger charge is -2.28. The number of methoxy groups -OCH3 is 1. The number of hydrogen-bond acceptors (Lipinski definition) is 4. The zero-order valence-corrected chi connectivity index (χ0v) is 13.4.